The highest BCUT2D eigenvalue weighted by Gasteiger charge is 2.18. The highest BCUT2D eigenvalue weighted by atomic mass is 15.2. The highest BCUT2D eigenvalue weighted by Crippen LogP contribution is 2.10. The van der Waals surface area contributed by atoms with Gasteiger partial charge in [0.05, 0.1) is 0 Å². The van der Waals surface area contributed by atoms with Gasteiger partial charge in [0.1, 0.15) is 0 Å². The van der Waals surface area contributed by atoms with Crippen LogP contribution in [0.3, 0.4) is 0 Å². The molecule has 1 atom stereocenters. The van der Waals surface area contributed by atoms with Crippen molar-refractivity contribution in [2.75, 3.05) is 46.8 Å². The van der Waals surface area contributed by atoms with Crippen LogP contribution in [-0.4, -0.2) is 62.7 Å². The van der Waals surface area contributed by atoms with Crippen molar-refractivity contribution < 1.29 is 0 Å². The van der Waals surface area contributed by atoms with Crippen molar-refractivity contribution in [3.63, 3.8) is 0 Å². The second-order valence-electron chi connectivity index (χ2n) is 6.34. The van der Waals surface area contributed by atoms with Gasteiger partial charge in [-0.2, -0.15) is 0 Å². The van der Waals surface area contributed by atoms with Gasteiger partial charge < -0.3 is 10.2 Å². The lowest BCUT2D eigenvalue weighted by molar-refractivity contribution is 0.149. The van der Waals surface area contributed by atoms with Crippen molar-refractivity contribution in [3.8, 4) is 0 Å². The van der Waals surface area contributed by atoms with Crippen LogP contribution in [0.1, 0.15) is 47.0 Å². The Morgan fingerprint density at radius 3 is 2.16 bits per heavy atom. The van der Waals surface area contributed by atoms with Crippen LogP contribution in [0, 0.1) is 5.92 Å². The van der Waals surface area contributed by atoms with E-state index >= 15 is 0 Å². The normalized spacial score (nSPS) is 13.7. The first-order valence-electron chi connectivity index (χ1n) is 8.10. The molecule has 3 heteroatoms. The molecule has 0 saturated heterocycles. The Morgan fingerprint density at radius 2 is 1.68 bits per heavy atom. The number of rotatable bonds is 12. The van der Waals surface area contributed by atoms with Crippen LogP contribution in [-0.2, 0) is 0 Å². The molecule has 0 rings (SSSR count). The second kappa shape index (κ2) is 11.7. The summed E-state index contributed by atoms with van der Waals surface area (Å²) in [7, 11) is 4.33. The molecule has 0 bridgehead atoms. The lowest BCUT2D eigenvalue weighted by Gasteiger charge is -2.34. The Morgan fingerprint density at radius 1 is 1.00 bits per heavy atom. The molecule has 0 aromatic carbocycles. The first-order chi connectivity index (χ1) is 9.01. The summed E-state index contributed by atoms with van der Waals surface area (Å²) in [5.41, 5.74) is 0. The third-order valence-corrected chi connectivity index (χ3v) is 3.38. The molecule has 0 aromatic rings. The summed E-state index contributed by atoms with van der Waals surface area (Å²) in [4.78, 5) is 4.98. The zero-order valence-corrected chi connectivity index (χ0v) is 14.2. The van der Waals surface area contributed by atoms with Crippen molar-refractivity contribution in [2.24, 2.45) is 5.92 Å². The number of nitrogens with one attached hydrogen (secondary N) is 1. The first kappa shape index (κ1) is 18.9. The first-order valence-corrected chi connectivity index (χ1v) is 8.10. The highest BCUT2D eigenvalue weighted by molar-refractivity contribution is 4.75. The maximum absolute atomic E-state index is 3.61. The molecular formula is C16H37N3. The third kappa shape index (κ3) is 10.3. The fourth-order valence-electron chi connectivity index (χ4n) is 2.41. The van der Waals surface area contributed by atoms with Crippen LogP contribution in [0.15, 0.2) is 0 Å². The van der Waals surface area contributed by atoms with Crippen LogP contribution >= 0.6 is 0 Å². The van der Waals surface area contributed by atoms with Gasteiger partial charge in [-0.15, -0.1) is 0 Å². The number of hydrogen-bond acceptors (Lipinski definition) is 3. The average Bonchev–Trinajstić information content (AvgIpc) is 2.33. The van der Waals surface area contributed by atoms with Gasteiger partial charge in [-0.3, -0.25) is 4.90 Å². The molecule has 0 radical (unpaired) electrons. The van der Waals surface area contributed by atoms with Gasteiger partial charge >= 0.3 is 0 Å². The molecule has 1 N–H and O–H groups in total. The SMILES string of the molecule is CCCNCC(CCC)N(CCN(C)C)CC(C)C. The van der Waals surface area contributed by atoms with E-state index in [-0.39, 0.29) is 0 Å². The summed E-state index contributed by atoms with van der Waals surface area (Å²) < 4.78 is 0. The average molecular weight is 271 g/mol. The van der Waals surface area contributed by atoms with Crippen LogP contribution in [0.4, 0.5) is 0 Å². The summed E-state index contributed by atoms with van der Waals surface area (Å²) in [6, 6.07) is 0.693. The molecule has 0 aliphatic carbocycles. The molecule has 1 unspecified atom stereocenters. The zero-order chi connectivity index (χ0) is 14.7. The Kier molecular flexibility index (Phi) is 11.6. The predicted molar refractivity (Wildman–Crippen MR) is 86.8 cm³/mol. The number of hydrogen-bond donors (Lipinski definition) is 1. The van der Waals surface area contributed by atoms with Gasteiger partial charge in [0.15, 0.2) is 0 Å². The van der Waals surface area contributed by atoms with Crippen LogP contribution in [0.25, 0.3) is 0 Å². The third-order valence-electron chi connectivity index (χ3n) is 3.38. The molecule has 0 fully saturated rings. The summed E-state index contributed by atoms with van der Waals surface area (Å²) >= 11 is 0. The minimum absolute atomic E-state index is 0.693. The van der Waals surface area contributed by atoms with Gasteiger partial charge in [0, 0.05) is 32.2 Å². The van der Waals surface area contributed by atoms with Gasteiger partial charge in [0.25, 0.3) is 0 Å². The maximum Gasteiger partial charge on any atom is 0.0221 e. The van der Waals surface area contributed by atoms with E-state index in [0.29, 0.717) is 6.04 Å². The number of likely N-dealkylation sites (N-methyl/N-ethyl adjacent to an activating group) is 1. The molecular weight excluding hydrogens is 234 g/mol. The van der Waals surface area contributed by atoms with E-state index in [1.807, 2.05) is 0 Å². The zero-order valence-electron chi connectivity index (χ0n) is 14.2. The molecule has 0 heterocycles. The molecule has 0 aromatic heterocycles. The van der Waals surface area contributed by atoms with Crippen molar-refractivity contribution >= 4 is 0 Å². The van der Waals surface area contributed by atoms with E-state index in [1.54, 1.807) is 0 Å². The van der Waals surface area contributed by atoms with E-state index in [4.69, 9.17) is 0 Å². The van der Waals surface area contributed by atoms with Gasteiger partial charge in [-0.05, 0) is 39.4 Å². The van der Waals surface area contributed by atoms with E-state index < -0.39 is 0 Å². The molecule has 3 nitrogen and oxygen atoms in total. The van der Waals surface area contributed by atoms with E-state index in [2.05, 4.69) is 56.9 Å². The number of nitrogens with zero attached hydrogens (tertiary/aromatic N) is 2. The molecule has 0 saturated carbocycles. The quantitative estimate of drug-likeness (QED) is 0.551. The van der Waals surface area contributed by atoms with Crippen LogP contribution in [0.2, 0.25) is 0 Å². The minimum Gasteiger partial charge on any atom is -0.315 e. The maximum atomic E-state index is 3.61. The molecule has 0 spiro atoms. The smallest absolute Gasteiger partial charge is 0.0221 e. The standard InChI is InChI=1S/C16H37N3/c1-7-9-16(13-17-10-8-2)19(14-15(3)4)12-11-18(5)6/h15-17H,7-14H2,1-6H3. The van der Waals surface area contributed by atoms with E-state index in [0.717, 1.165) is 25.6 Å². The minimum atomic E-state index is 0.693. The van der Waals surface area contributed by atoms with E-state index in [9.17, 15) is 0 Å². The van der Waals surface area contributed by atoms with Crippen LogP contribution < -0.4 is 5.32 Å². The molecule has 19 heavy (non-hydrogen) atoms. The predicted octanol–water partition coefficient (Wildman–Crippen LogP) is 2.67. The van der Waals surface area contributed by atoms with Gasteiger partial charge in [-0.1, -0.05) is 34.1 Å². The molecule has 0 aliphatic heterocycles. The fraction of sp³-hybridized carbons (Fsp3) is 1.00. The molecule has 0 amide bonds. The monoisotopic (exact) mass is 271 g/mol. The Bertz CT molecular complexity index is 192. The summed E-state index contributed by atoms with van der Waals surface area (Å²) in [6.45, 7) is 15.0. The largest absolute Gasteiger partial charge is 0.315 e. The lowest BCUT2D eigenvalue weighted by Crippen LogP contribution is -2.46. The van der Waals surface area contributed by atoms with Crippen molar-refractivity contribution in [1.29, 1.82) is 0 Å². The fourth-order valence-corrected chi connectivity index (χ4v) is 2.41. The summed E-state index contributed by atoms with van der Waals surface area (Å²) in [5, 5.41) is 3.61. The lowest BCUT2D eigenvalue weighted by atomic mass is 10.1. The van der Waals surface area contributed by atoms with Crippen LogP contribution in [0.5, 0.6) is 0 Å². The second-order valence-corrected chi connectivity index (χ2v) is 6.34. The van der Waals surface area contributed by atoms with Gasteiger partial charge in [-0.25, -0.2) is 0 Å². The van der Waals surface area contributed by atoms with E-state index in [1.165, 1.54) is 32.4 Å². The summed E-state index contributed by atoms with van der Waals surface area (Å²) in [5.74, 6) is 0.743. The van der Waals surface area contributed by atoms with Crippen molar-refractivity contribution in [2.45, 2.75) is 53.0 Å². The Labute approximate surface area is 121 Å². The molecule has 0 aliphatic rings. The van der Waals surface area contributed by atoms with Crippen molar-refractivity contribution in [1.82, 2.24) is 15.1 Å². The Balaban J connectivity index is 4.41. The van der Waals surface area contributed by atoms with Crippen molar-refractivity contribution in [3.05, 3.63) is 0 Å². The molecule has 116 valence electrons. The topological polar surface area (TPSA) is 18.5 Å². The van der Waals surface area contributed by atoms with Gasteiger partial charge in [0.2, 0.25) is 0 Å². The Hall–Kier alpha value is -0.120. The summed E-state index contributed by atoms with van der Waals surface area (Å²) in [6.07, 6.45) is 3.80.